The van der Waals surface area contributed by atoms with Gasteiger partial charge in [-0.05, 0) is 31.2 Å². The van der Waals surface area contributed by atoms with Crippen LogP contribution in [0.4, 0.5) is 5.69 Å². The van der Waals surface area contributed by atoms with Crippen LogP contribution in [-0.2, 0) is 0 Å². The highest BCUT2D eigenvalue weighted by atomic mass is 35.5. The smallest absolute Gasteiger partial charge is 0.272 e. The fourth-order valence-corrected chi connectivity index (χ4v) is 2.29. The van der Waals surface area contributed by atoms with Crippen LogP contribution < -0.4 is 0 Å². The molecule has 0 unspecified atom stereocenters. The molecule has 1 aromatic heterocycles. The van der Waals surface area contributed by atoms with Crippen molar-refractivity contribution in [1.29, 1.82) is 0 Å². The average molecular weight is 316 g/mol. The van der Waals surface area contributed by atoms with E-state index in [2.05, 4.69) is 10.2 Å². The first-order valence-electron chi connectivity index (χ1n) is 6.40. The first-order valence-corrected chi connectivity index (χ1v) is 6.78. The fourth-order valence-electron chi connectivity index (χ4n) is 2.08. The van der Waals surface area contributed by atoms with Gasteiger partial charge in [-0.1, -0.05) is 23.7 Å². The largest absolute Gasteiger partial charge is 0.416 e. The molecular weight excluding hydrogens is 306 g/mol. The first kappa shape index (κ1) is 14.2. The van der Waals surface area contributed by atoms with Gasteiger partial charge in [0.2, 0.25) is 11.8 Å². The Morgan fingerprint density at radius 1 is 1.14 bits per heavy atom. The topological polar surface area (TPSA) is 82.1 Å². The molecule has 0 saturated heterocycles. The van der Waals surface area contributed by atoms with E-state index in [1.807, 2.05) is 12.1 Å². The Kier molecular flexibility index (Phi) is 3.60. The summed E-state index contributed by atoms with van der Waals surface area (Å²) in [6, 6.07) is 11.8. The normalized spacial score (nSPS) is 10.6. The molecule has 0 aliphatic rings. The van der Waals surface area contributed by atoms with Gasteiger partial charge in [-0.15, -0.1) is 10.2 Å². The summed E-state index contributed by atoms with van der Waals surface area (Å²) in [5, 5.41) is 19.3. The van der Waals surface area contributed by atoms with E-state index < -0.39 is 4.92 Å². The second-order valence-electron chi connectivity index (χ2n) is 4.65. The van der Waals surface area contributed by atoms with Crippen molar-refractivity contribution in [2.75, 3.05) is 0 Å². The van der Waals surface area contributed by atoms with E-state index in [0.717, 1.165) is 0 Å². The molecule has 0 radical (unpaired) electrons. The Hall–Kier alpha value is -2.73. The van der Waals surface area contributed by atoms with E-state index in [1.54, 1.807) is 31.2 Å². The molecule has 0 atom stereocenters. The second kappa shape index (κ2) is 5.57. The highest BCUT2D eigenvalue weighted by molar-refractivity contribution is 6.33. The number of aromatic nitrogens is 2. The van der Waals surface area contributed by atoms with Gasteiger partial charge in [0.1, 0.15) is 0 Å². The Bertz CT molecular complexity index is 861. The molecule has 6 nitrogen and oxygen atoms in total. The van der Waals surface area contributed by atoms with E-state index >= 15 is 0 Å². The number of hydrogen-bond acceptors (Lipinski definition) is 5. The van der Waals surface area contributed by atoms with E-state index in [4.69, 9.17) is 16.0 Å². The van der Waals surface area contributed by atoms with Crippen LogP contribution >= 0.6 is 11.6 Å². The fraction of sp³-hybridized carbons (Fsp3) is 0.0667. The number of hydrogen-bond donors (Lipinski definition) is 0. The summed E-state index contributed by atoms with van der Waals surface area (Å²) in [4.78, 5) is 10.4. The molecule has 0 fully saturated rings. The lowest BCUT2D eigenvalue weighted by Crippen LogP contribution is -1.91. The summed E-state index contributed by atoms with van der Waals surface area (Å²) < 4.78 is 5.62. The van der Waals surface area contributed by atoms with Crippen LogP contribution in [0.25, 0.3) is 22.9 Å². The third-order valence-corrected chi connectivity index (χ3v) is 3.50. The maximum atomic E-state index is 10.8. The van der Waals surface area contributed by atoms with Gasteiger partial charge in [0.25, 0.3) is 5.69 Å². The molecule has 0 saturated carbocycles. The first-order chi connectivity index (χ1) is 10.6. The highest BCUT2D eigenvalue weighted by Gasteiger charge is 2.16. The molecule has 22 heavy (non-hydrogen) atoms. The standard InChI is InChI=1S/C15H10ClN3O3/c1-9-8-10(6-7-13(9)19(20)21)14-17-18-15(22-14)11-4-2-3-5-12(11)16/h2-8H,1H3. The minimum Gasteiger partial charge on any atom is -0.416 e. The maximum Gasteiger partial charge on any atom is 0.272 e. The van der Waals surface area contributed by atoms with E-state index in [0.29, 0.717) is 27.6 Å². The summed E-state index contributed by atoms with van der Waals surface area (Å²) in [5.74, 6) is 0.588. The third kappa shape index (κ3) is 2.56. The van der Waals surface area contributed by atoms with Crippen LogP contribution in [0.3, 0.4) is 0 Å². The van der Waals surface area contributed by atoms with Gasteiger partial charge in [-0.25, -0.2) is 0 Å². The predicted molar refractivity (Wildman–Crippen MR) is 81.6 cm³/mol. The van der Waals surface area contributed by atoms with Crippen molar-refractivity contribution in [3.05, 3.63) is 63.2 Å². The zero-order valence-electron chi connectivity index (χ0n) is 11.5. The molecule has 0 spiro atoms. The quantitative estimate of drug-likeness (QED) is 0.532. The van der Waals surface area contributed by atoms with Crippen LogP contribution in [0.1, 0.15) is 5.56 Å². The summed E-state index contributed by atoms with van der Waals surface area (Å²) >= 11 is 6.09. The molecule has 0 aliphatic carbocycles. The highest BCUT2D eigenvalue weighted by Crippen LogP contribution is 2.30. The molecule has 0 N–H and O–H groups in total. The van der Waals surface area contributed by atoms with Crippen molar-refractivity contribution in [2.24, 2.45) is 0 Å². The van der Waals surface area contributed by atoms with Gasteiger partial charge in [-0.3, -0.25) is 10.1 Å². The lowest BCUT2D eigenvalue weighted by Gasteiger charge is -1.99. The number of nitrogens with zero attached hydrogens (tertiary/aromatic N) is 3. The Labute approximate surface area is 130 Å². The predicted octanol–water partition coefficient (Wildman–Crippen LogP) is 4.27. The number of benzene rings is 2. The summed E-state index contributed by atoms with van der Waals surface area (Å²) in [6.45, 7) is 1.66. The molecule has 0 aliphatic heterocycles. The zero-order chi connectivity index (χ0) is 15.7. The van der Waals surface area contributed by atoms with Crippen LogP contribution in [0.2, 0.25) is 5.02 Å². The molecule has 0 amide bonds. The minimum atomic E-state index is -0.428. The third-order valence-electron chi connectivity index (χ3n) is 3.17. The monoisotopic (exact) mass is 315 g/mol. The zero-order valence-corrected chi connectivity index (χ0v) is 12.2. The van der Waals surface area contributed by atoms with Crippen LogP contribution in [0, 0.1) is 17.0 Å². The number of rotatable bonds is 3. The number of aryl methyl sites for hydroxylation is 1. The lowest BCUT2D eigenvalue weighted by atomic mass is 10.1. The average Bonchev–Trinajstić information content (AvgIpc) is 2.97. The van der Waals surface area contributed by atoms with E-state index in [-0.39, 0.29) is 11.6 Å². The van der Waals surface area contributed by atoms with Crippen LogP contribution in [0.15, 0.2) is 46.9 Å². The maximum absolute atomic E-state index is 10.8. The summed E-state index contributed by atoms with van der Waals surface area (Å²) in [7, 11) is 0. The number of nitro benzene ring substituents is 1. The van der Waals surface area contributed by atoms with Gasteiger partial charge < -0.3 is 4.42 Å². The molecule has 110 valence electrons. The molecule has 1 heterocycles. The summed E-state index contributed by atoms with van der Waals surface area (Å²) in [5.41, 5.74) is 1.84. The van der Waals surface area contributed by atoms with E-state index in [9.17, 15) is 10.1 Å². The molecule has 3 rings (SSSR count). The summed E-state index contributed by atoms with van der Waals surface area (Å²) in [6.07, 6.45) is 0. The Morgan fingerprint density at radius 2 is 1.86 bits per heavy atom. The van der Waals surface area contributed by atoms with Crippen molar-refractivity contribution in [2.45, 2.75) is 6.92 Å². The van der Waals surface area contributed by atoms with Gasteiger partial charge in [-0.2, -0.15) is 0 Å². The van der Waals surface area contributed by atoms with Crippen molar-refractivity contribution in [1.82, 2.24) is 10.2 Å². The second-order valence-corrected chi connectivity index (χ2v) is 5.06. The minimum absolute atomic E-state index is 0.0505. The van der Waals surface area contributed by atoms with Crippen molar-refractivity contribution in [3.63, 3.8) is 0 Å². The number of halogens is 1. The molecule has 3 aromatic rings. The van der Waals surface area contributed by atoms with Gasteiger partial charge in [0, 0.05) is 17.2 Å². The SMILES string of the molecule is Cc1cc(-c2nnc(-c3ccccc3Cl)o2)ccc1[N+](=O)[O-]. The molecule has 2 aromatic carbocycles. The van der Waals surface area contributed by atoms with E-state index in [1.165, 1.54) is 6.07 Å². The van der Waals surface area contributed by atoms with Crippen molar-refractivity contribution in [3.8, 4) is 22.9 Å². The Balaban J connectivity index is 1.99. The number of nitro groups is 1. The Morgan fingerprint density at radius 3 is 2.55 bits per heavy atom. The van der Waals surface area contributed by atoms with Crippen molar-refractivity contribution < 1.29 is 9.34 Å². The van der Waals surface area contributed by atoms with Crippen LogP contribution in [0.5, 0.6) is 0 Å². The lowest BCUT2D eigenvalue weighted by molar-refractivity contribution is -0.385. The van der Waals surface area contributed by atoms with Gasteiger partial charge in [0.15, 0.2) is 0 Å². The molecule has 7 heteroatoms. The molecule has 0 bridgehead atoms. The molecular formula is C15H10ClN3O3. The van der Waals surface area contributed by atoms with Crippen LogP contribution in [-0.4, -0.2) is 15.1 Å². The van der Waals surface area contributed by atoms with Gasteiger partial charge >= 0.3 is 0 Å². The van der Waals surface area contributed by atoms with Crippen molar-refractivity contribution >= 4 is 17.3 Å². The van der Waals surface area contributed by atoms with Gasteiger partial charge in [0.05, 0.1) is 15.5 Å².